The van der Waals surface area contributed by atoms with Gasteiger partial charge in [0.05, 0.1) is 12.1 Å². The highest BCUT2D eigenvalue weighted by Crippen LogP contribution is 2.36. The van der Waals surface area contributed by atoms with Gasteiger partial charge >= 0.3 is 5.97 Å². The van der Waals surface area contributed by atoms with E-state index in [1.54, 1.807) is 0 Å². The molecule has 3 aromatic carbocycles. The van der Waals surface area contributed by atoms with E-state index in [4.69, 9.17) is 10.1 Å². The molecule has 0 spiro atoms. The largest absolute Gasteiger partial charge is 0.481 e. The maximum absolute atomic E-state index is 10.9. The van der Waals surface area contributed by atoms with Crippen LogP contribution in [0.3, 0.4) is 0 Å². The van der Waals surface area contributed by atoms with Gasteiger partial charge in [0.15, 0.2) is 4.96 Å². The molecule has 1 N–H and O–H groups in total. The molecule has 0 atom stereocenters. The lowest BCUT2D eigenvalue weighted by Gasteiger charge is -2.09. The maximum atomic E-state index is 10.9. The van der Waals surface area contributed by atoms with Crippen molar-refractivity contribution in [2.45, 2.75) is 6.42 Å². The molecule has 0 amide bonds. The minimum atomic E-state index is -0.824. The summed E-state index contributed by atoms with van der Waals surface area (Å²) in [6, 6.07) is 18.9. The van der Waals surface area contributed by atoms with Crippen LogP contribution >= 0.6 is 11.3 Å². The number of hydrogen-bond acceptors (Lipinski definition) is 3. The number of imidazole rings is 1. The molecular weight excluding hydrogens is 344 g/mol. The fraction of sp³-hybridized carbons (Fsp3) is 0.0476. The van der Waals surface area contributed by atoms with Crippen molar-refractivity contribution in [3.63, 3.8) is 0 Å². The highest BCUT2D eigenvalue weighted by molar-refractivity contribution is 7.17. The highest BCUT2D eigenvalue weighted by Gasteiger charge is 2.15. The molecule has 26 heavy (non-hydrogen) atoms. The van der Waals surface area contributed by atoms with E-state index in [2.05, 4.69) is 30.3 Å². The number of benzene rings is 3. The van der Waals surface area contributed by atoms with Crippen molar-refractivity contribution >= 4 is 43.8 Å². The third-order valence-corrected chi connectivity index (χ3v) is 5.55. The normalized spacial score (nSPS) is 11.5. The van der Waals surface area contributed by atoms with Gasteiger partial charge in [0.1, 0.15) is 0 Å². The minimum absolute atomic E-state index is 0.0283. The Hall–Kier alpha value is -3.18. The van der Waals surface area contributed by atoms with Gasteiger partial charge in [-0.25, -0.2) is 4.98 Å². The molecule has 5 heteroatoms. The fourth-order valence-corrected chi connectivity index (χ4v) is 4.44. The molecule has 0 aliphatic rings. The van der Waals surface area contributed by atoms with Gasteiger partial charge in [0, 0.05) is 22.8 Å². The first-order chi connectivity index (χ1) is 12.7. The van der Waals surface area contributed by atoms with Crippen molar-refractivity contribution in [1.29, 1.82) is 0 Å². The van der Waals surface area contributed by atoms with Crippen molar-refractivity contribution in [2.24, 2.45) is 0 Å². The number of nitrogens with zero attached hydrogens (tertiary/aromatic N) is 2. The molecule has 0 bridgehead atoms. The number of fused-ring (bicyclic) bond motifs is 3. The highest BCUT2D eigenvalue weighted by atomic mass is 32.1. The summed E-state index contributed by atoms with van der Waals surface area (Å²) in [5.41, 5.74) is 2.03. The second-order valence-electron chi connectivity index (χ2n) is 6.28. The lowest BCUT2D eigenvalue weighted by molar-refractivity contribution is -0.136. The molecule has 0 saturated carbocycles. The summed E-state index contributed by atoms with van der Waals surface area (Å²) in [5.74, 6) is -0.824. The number of rotatable bonds is 3. The first kappa shape index (κ1) is 15.1. The van der Waals surface area contributed by atoms with E-state index < -0.39 is 5.97 Å². The lowest BCUT2D eigenvalue weighted by Crippen LogP contribution is -1.97. The average Bonchev–Trinajstić information content (AvgIpc) is 3.17. The second kappa shape index (κ2) is 5.68. The Morgan fingerprint density at radius 3 is 2.27 bits per heavy atom. The Balaban J connectivity index is 1.78. The zero-order chi connectivity index (χ0) is 17.7. The number of carbonyl (C=O) groups is 1. The van der Waals surface area contributed by atoms with Gasteiger partial charge in [-0.3, -0.25) is 9.20 Å². The van der Waals surface area contributed by atoms with Gasteiger partial charge in [-0.1, -0.05) is 48.5 Å². The zero-order valence-electron chi connectivity index (χ0n) is 13.7. The van der Waals surface area contributed by atoms with E-state index in [1.165, 1.54) is 32.9 Å². The molecule has 0 aliphatic heterocycles. The summed E-state index contributed by atoms with van der Waals surface area (Å²) in [5, 5.41) is 13.7. The standard InChI is InChI=1S/C21H14N2O2S/c24-19(25)10-15-11-23-12-18(22-21(23)26-15)20-16-7-3-1-5-13(16)9-14-6-2-4-8-17(14)20/h1-9,11-12H,10H2,(H,24,25). The van der Waals surface area contributed by atoms with Gasteiger partial charge in [-0.05, 0) is 27.6 Å². The van der Waals surface area contributed by atoms with Crippen molar-refractivity contribution in [3.05, 3.63) is 71.9 Å². The number of aliphatic carboxylic acids is 1. The van der Waals surface area contributed by atoms with E-state index in [0.29, 0.717) is 0 Å². The van der Waals surface area contributed by atoms with Gasteiger partial charge in [-0.15, -0.1) is 11.3 Å². The Morgan fingerprint density at radius 2 is 1.65 bits per heavy atom. The van der Waals surface area contributed by atoms with Crippen molar-refractivity contribution in [1.82, 2.24) is 9.38 Å². The summed E-state index contributed by atoms with van der Waals surface area (Å²) in [6.07, 6.45) is 3.88. The fourth-order valence-electron chi connectivity index (χ4n) is 3.48. The van der Waals surface area contributed by atoms with E-state index in [0.717, 1.165) is 21.1 Å². The average molecular weight is 358 g/mol. The monoisotopic (exact) mass is 358 g/mol. The number of carboxylic acid groups (broad SMARTS) is 1. The first-order valence-corrected chi connectivity index (χ1v) is 9.11. The molecule has 0 fully saturated rings. The van der Waals surface area contributed by atoms with Crippen molar-refractivity contribution in [2.75, 3.05) is 0 Å². The molecule has 0 unspecified atom stereocenters. The van der Waals surface area contributed by atoms with Gasteiger partial charge in [-0.2, -0.15) is 0 Å². The molecule has 5 aromatic rings. The SMILES string of the molecule is O=C(O)Cc1cn2cc(-c3c4ccccc4cc4ccccc34)nc2s1. The van der Waals surface area contributed by atoms with E-state index >= 15 is 0 Å². The van der Waals surface area contributed by atoms with E-state index in [1.807, 2.05) is 41.1 Å². The van der Waals surface area contributed by atoms with Crippen LogP contribution < -0.4 is 0 Å². The smallest absolute Gasteiger partial charge is 0.308 e. The lowest BCUT2D eigenvalue weighted by atomic mass is 9.95. The number of carboxylic acids is 1. The van der Waals surface area contributed by atoms with Crippen molar-refractivity contribution in [3.8, 4) is 11.3 Å². The van der Waals surface area contributed by atoms with Crippen LogP contribution in [0, 0.1) is 0 Å². The van der Waals surface area contributed by atoms with Crippen LogP contribution in [0.15, 0.2) is 67.0 Å². The van der Waals surface area contributed by atoms with Crippen LogP contribution in [-0.2, 0) is 11.2 Å². The van der Waals surface area contributed by atoms with Gasteiger partial charge < -0.3 is 5.11 Å². The maximum Gasteiger partial charge on any atom is 0.308 e. The second-order valence-corrected chi connectivity index (χ2v) is 7.37. The molecular formula is C21H14N2O2S. The molecule has 2 aromatic heterocycles. The quantitative estimate of drug-likeness (QED) is 0.462. The predicted octanol–water partition coefficient (Wildman–Crippen LogP) is 5.00. The zero-order valence-corrected chi connectivity index (χ0v) is 14.5. The van der Waals surface area contributed by atoms with Gasteiger partial charge in [0.2, 0.25) is 0 Å². The van der Waals surface area contributed by atoms with Crippen LogP contribution in [0.1, 0.15) is 4.88 Å². The minimum Gasteiger partial charge on any atom is -0.481 e. The Labute approximate surface area is 153 Å². The Morgan fingerprint density at radius 1 is 1.00 bits per heavy atom. The topological polar surface area (TPSA) is 54.6 Å². The summed E-state index contributed by atoms with van der Waals surface area (Å²) in [4.78, 5) is 17.3. The summed E-state index contributed by atoms with van der Waals surface area (Å²) >= 11 is 1.42. The van der Waals surface area contributed by atoms with E-state index in [-0.39, 0.29) is 6.42 Å². The van der Waals surface area contributed by atoms with Crippen LogP contribution in [0.25, 0.3) is 37.8 Å². The third kappa shape index (κ3) is 2.36. The van der Waals surface area contributed by atoms with Crippen LogP contribution in [0.2, 0.25) is 0 Å². The van der Waals surface area contributed by atoms with Crippen LogP contribution in [0.5, 0.6) is 0 Å². The number of hydrogen-bond donors (Lipinski definition) is 1. The number of thiazole rings is 1. The first-order valence-electron chi connectivity index (χ1n) is 8.29. The van der Waals surface area contributed by atoms with Gasteiger partial charge in [0.25, 0.3) is 0 Å². The Bertz CT molecular complexity index is 1210. The molecule has 0 saturated heterocycles. The molecule has 0 radical (unpaired) electrons. The Kier molecular flexibility index (Phi) is 3.30. The predicted molar refractivity (Wildman–Crippen MR) is 105 cm³/mol. The third-order valence-electron chi connectivity index (χ3n) is 4.56. The summed E-state index contributed by atoms with van der Waals surface area (Å²) in [7, 11) is 0. The number of aromatic nitrogens is 2. The molecule has 2 heterocycles. The molecule has 5 rings (SSSR count). The molecule has 4 nitrogen and oxygen atoms in total. The van der Waals surface area contributed by atoms with E-state index in [9.17, 15) is 4.79 Å². The van der Waals surface area contributed by atoms with Crippen LogP contribution in [-0.4, -0.2) is 20.5 Å². The van der Waals surface area contributed by atoms with Crippen molar-refractivity contribution < 1.29 is 9.90 Å². The molecule has 126 valence electrons. The summed E-state index contributed by atoms with van der Waals surface area (Å²) in [6.45, 7) is 0. The summed E-state index contributed by atoms with van der Waals surface area (Å²) < 4.78 is 1.93. The van der Waals surface area contributed by atoms with Crippen LogP contribution in [0.4, 0.5) is 0 Å². The molecule has 0 aliphatic carbocycles.